The van der Waals surface area contributed by atoms with Crippen LogP contribution in [0.4, 0.5) is 5.82 Å². The van der Waals surface area contributed by atoms with Crippen LogP contribution in [0, 0.1) is 6.92 Å². The number of aryl methyl sites for hydroxylation is 2. The Morgan fingerprint density at radius 3 is 2.73 bits per heavy atom. The van der Waals surface area contributed by atoms with E-state index in [1.165, 1.54) is 29.9 Å². The van der Waals surface area contributed by atoms with Gasteiger partial charge in [0, 0.05) is 30.3 Å². The van der Waals surface area contributed by atoms with Gasteiger partial charge >= 0.3 is 0 Å². The summed E-state index contributed by atoms with van der Waals surface area (Å²) in [5, 5.41) is 6.99. The van der Waals surface area contributed by atoms with Crippen LogP contribution in [0.2, 0.25) is 0 Å². The van der Waals surface area contributed by atoms with Gasteiger partial charge < -0.3 is 4.90 Å². The quantitative estimate of drug-likeness (QED) is 0.920. The van der Waals surface area contributed by atoms with E-state index in [2.05, 4.69) is 25.1 Å². The van der Waals surface area contributed by atoms with Crippen molar-refractivity contribution in [2.75, 3.05) is 18.0 Å². The zero-order valence-electron chi connectivity index (χ0n) is 13.0. The number of aromatic nitrogens is 5. The molecule has 0 aromatic carbocycles. The molecule has 0 radical (unpaired) electrons. The maximum Gasteiger partial charge on any atom is 0.137 e. The fourth-order valence-electron chi connectivity index (χ4n) is 3.73. The zero-order chi connectivity index (χ0) is 14.9. The fraction of sp³-hybridized carbons (Fsp3) is 0.625. The van der Waals surface area contributed by atoms with Gasteiger partial charge in [-0.05, 0) is 45.4 Å². The minimum absolute atomic E-state index is 0.498. The van der Waals surface area contributed by atoms with Crippen LogP contribution in [0.25, 0.3) is 0 Å². The Bertz CT molecular complexity index is 643. The maximum absolute atomic E-state index is 4.78. The van der Waals surface area contributed by atoms with Gasteiger partial charge in [-0.2, -0.15) is 5.10 Å². The molecular weight excluding hydrogens is 276 g/mol. The van der Waals surface area contributed by atoms with E-state index in [4.69, 9.17) is 4.98 Å². The van der Waals surface area contributed by atoms with Crippen molar-refractivity contribution in [1.82, 2.24) is 25.1 Å². The lowest BCUT2D eigenvalue weighted by Gasteiger charge is -2.34. The van der Waals surface area contributed by atoms with Crippen LogP contribution in [0.1, 0.15) is 54.5 Å². The number of fused-ring (bicyclic) bond motifs is 1. The molecule has 1 aliphatic heterocycles. The Morgan fingerprint density at radius 2 is 1.95 bits per heavy atom. The Labute approximate surface area is 130 Å². The zero-order valence-corrected chi connectivity index (χ0v) is 13.0. The second-order valence-electron chi connectivity index (χ2n) is 6.36. The summed E-state index contributed by atoms with van der Waals surface area (Å²) < 4.78 is 0. The monoisotopic (exact) mass is 298 g/mol. The van der Waals surface area contributed by atoms with Crippen molar-refractivity contribution in [3.8, 4) is 0 Å². The molecule has 1 N–H and O–H groups in total. The molecule has 116 valence electrons. The summed E-state index contributed by atoms with van der Waals surface area (Å²) in [5.74, 6) is 3.63. The van der Waals surface area contributed by atoms with Crippen LogP contribution < -0.4 is 4.90 Å². The normalized spacial score (nSPS) is 19.2. The van der Waals surface area contributed by atoms with Crippen LogP contribution in [-0.2, 0) is 12.8 Å². The molecule has 2 aliphatic rings. The van der Waals surface area contributed by atoms with Crippen molar-refractivity contribution in [1.29, 1.82) is 0 Å². The number of nitrogens with one attached hydrogen (secondary N) is 1. The minimum atomic E-state index is 0.498. The number of aromatic amines is 1. The highest BCUT2D eigenvalue weighted by Crippen LogP contribution is 2.32. The molecule has 0 amide bonds. The molecule has 0 spiro atoms. The topological polar surface area (TPSA) is 70.6 Å². The summed E-state index contributed by atoms with van der Waals surface area (Å²) in [7, 11) is 0. The average molecular weight is 298 g/mol. The molecular formula is C16H22N6. The Kier molecular flexibility index (Phi) is 3.52. The van der Waals surface area contributed by atoms with Crippen LogP contribution in [0.3, 0.4) is 0 Å². The van der Waals surface area contributed by atoms with Gasteiger partial charge in [-0.15, -0.1) is 0 Å². The van der Waals surface area contributed by atoms with Gasteiger partial charge in [-0.3, -0.25) is 5.10 Å². The third kappa shape index (κ3) is 2.46. The number of hydrogen-bond donors (Lipinski definition) is 1. The van der Waals surface area contributed by atoms with E-state index in [0.29, 0.717) is 5.92 Å². The summed E-state index contributed by atoms with van der Waals surface area (Å²) >= 11 is 0. The molecule has 0 unspecified atom stereocenters. The van der Waals surface area contributed by atoms with Gasteiger partial charge in [0.15, 0.2) is 0 Å². The molecule has 6 nitrogen and oxygen atoms in total. The number of H-pyrrole nitrogens is 1. The van der Waals surface area contributed by atoms with Gasteiger partial charge in [0.25, 0.3) is 0 Å². The number of hydrogen-bond acceptors (Lipinski definition) is 5. The predicted octanol–water partition coefficient (Wildman–Crippen LogP) is 2.17. The summed E-state index contributed by atoms with van der Waals surface area (Å²) in [4.78, 5) is 16.2. The standard InChI is InChI=1S/C16H22N6/c1-11-19-14-5-3-2-4-13(14)16(20-11)22-8-6-12(7-9-22)15-17-10-18-21-15/h10,12H,2-9H2,1H3,(H,17,18,21). The van der Waals surface area contributed by atoms with Gasteiger partial charge in [0.05, 0.1) is 0 Å². The first kappa shape index (κ1) is 13.7. The number of nitrogens with zero attached hydrogens (tertiary/aromatic N) is 5. The molecule has 0 bridgehead atoms. The van der Waals surface area contributed by atoms with Crippen molar-refractivity contribution in [2.24, 2.45) is 0 Å². The molecule has 3 heterocycles. The smallest absolute Gasteiger partial charge is 0.137 e. The predicted molar refractivity (Wildman–Crippen MR) is 84.0 cm³/mol. The van der Waals surface area contributed by atoms with E-state index in [-0.39, 0.29) is 0 Å². The van der Waals surface area contributed by atoms with Crippen LogP contribution >= 0.6 is 0 Å². The maximum atomic E-state index is 4.78. The lowest BCUT2D eigenvalue weighted by Crippen LogP contribution is -2.35. The summed E-state index contributed by atoms with van der Waals surface area (Å²) in [6.07, 6.45) is 8.58. The lowest BCUT2D eigenvalue weighted by molar-refractivity contribution is 0.482. The molecule has 0 atom stereocenters. The Balaban J connectivity index is 1.55. The average Bonchev–Trinajstić information content (AvgIpc) is 3.09. The first-order valence-electron chi connectivity index (χ1n) is 8.28. The highest BCUT2D eigenvalue weighted by Gasteiger charge is 2.26. The molecule has 1 aliphatic carbocycles. The van der Waals surface area contributed by atoms with Crippen LogP contribution in [-0.4, -0.2) is 38.2 Å². The second-order valence-corrected chi connectivity index (χ2v) is 6.36. The lowest BCUT2D eigenvalue weighted by atomic mass is 9.93. The van der Waals surface area contributed by atoms with Gasteiger partial charge in [0.2, 0.25) is 0 Å². The van der Waals surface area contributed by atoms with E-state index in [1.54, 1.807) is 6.33 Å². The van der Waals surface area contributed by atoms with E-state index >= 15 is 0 Å². The number of piperidine rings is 1. The summed E-state index contributed by atoms with van der Waals surface area (Å²) in [6, 6.07) is 0. The Hall–Kier alpha value is -1.98. The van der Waals surface area contributed by atoms with Gasteiger partial charge in [-0.25, -0.2) is 15.0 Å². The molecule has 22 heavy (non-hydrogen) atoms. The van der Waals surface area contributed by atoms with Crippen LogP contribution in [0.5, 0.6) is 0 Å². The van der Waals surface area contributed by atoms with Crippen molar-refractivity contribution < 1.29 is 0 Å². The highest BCUT2D eigenvalue weighted by molar-refractivity contribution is 5.50. The number of anilines is 1. The molecule has 2 aromatic heterocycles. The fourth-order valence-corrected chi connectivity index (χ4v) is 3.73. The third-order valence-corrected chi connectivity index (χ3v) is 4.89. The minimum Gasteiger partial charge on any atom is -0.356 e. The molecule has 6 heteroatoms. The molecule has 1 fully saturated rings. The van der Waals surface area contributed by atoms with E-state index < -0.39 is 0 Å². The van der Waals surface area contributed by atoms with E-state index in [0.717, 1.165) is 50.4 Å². The van der Waals surface area contributed by atoms with E-state index in [1.807, 2.05) is 6.92 Å². The largest absolute Gasteiger partial charge is 0.356 e. The number of rotatable bonds is 2. The van der Waals surface area contributed by atoms with Gasteiger partial charge in [0.1, 0.15) is 23.8 Å². The van der Waals surface area contributed by atoms with Crippen molar-refractivity contribution in [3.63, 3.8) is 0 Å². The van der Waals surface area contributed by atoms with Gasteiger partial charge in [-0.1, -0.05) is 0 Å². The summed E-state index contributed by atoms with van der Waals surface area (Å²) in [6.45, 7) is 4.09. The van der Waals surface area contributed by atoms with E-state index in [9.17, 15) is 0 Å². The Morgan fingerprint density at radius 1 is 1.14 bits per heavy atom. The van der Waals surface area contributed by atoms with Crippen molar-refractivity contribution >= 4 is 5.82 Å². The second kappa shape index (κ2) is 5.66. The molecule has 2 aromatic rings. The molecule has 4 rings (SSSR count). The van der Waals surface area contributed by atoms with Crippen molar-refractivity contribution in [3.05, 3.63) is 29.2 Å². The first-order chi connectivity index (χ1) is 10.8. The highest BCUT2D eigenvalue weighted by atomic mass is 15.2. The summed E-state index contributed by atoms with van der Waals surface area (Å²) in [5.41, 5.74) is 2.68. The van der Waals surface area contributed by atoms with Crippen LogP contribution in [0.15, 0.2) is 6.33 Å². The van der Waals surface area contributed by atoms with Crippen molar-refractivity contribution in [2.45, 2.75) is 51.4 Å². The molecule has 0 saturated carbocycles. The molecule has 1 saturated heterocycles. The third-order valence-electron chi connectivity index (χ3n) is 4.89. The SMILES string of the molecule is Cc1nc2c(c(N3CCC(c4ncn[nH]4)CC3)n1)CCCC2. The first-order valence-corrected chi connectivity index (χ1v) is 8.28.